The first-order valence-electron chi connectivity index (χ1n) is 8.26. The molecular formula is C19H21N3O2S2. The number of aryl methyl sites for hydroxylation is 1. The number of carbonyl (C=O) groups is 1. The van der Waals surface area contributed by atoms with Crippen LogP contribution in [-0.2, 0) is 10.5 Å². The highest BCUT2D eigenvalue weighted by atomic mass is 32.2. The lowest BCUT2D eigenvalue weighted by Crippen LogP contribution is -2.27. The molecule has 5 nitrogen and oxygen atoms in total. The van der Waals surface area contributed by atoms with Gasteiger partial charge in [-0.2, -0.15) is 0 Å². The van der Waals surface area contributed by atoms with Crippen molar-refractivity contribution in [3.8, 4) is 0 Å². The fraction of sp³-hybridized carbons (Fsp3) is 0.316. The van der Waals surface area contributed by atoms with Gasteiger partial charge in [0.1, 0.15) is 0 Å². The van der Waals surface area contributed by atoms with Crippen LogP contribution in [0.3, 0.4) is 0 Å². The quantitative estimate of drug-likeness (QED) is 0.677. The van der Waals surface area contributed by atoms with E-state index in [-0.39, 0.29) is 11.5 Å². The molecule has 0 spiro atoms. The second-order valence-corrected chi connectivity index (χ2v) is 8.92. The van der Waals surface area contributed by atoms with Gasteiger partial charge >= 0.3 is 0 Å². The summed E-state index contributed by atoms with van der Waals surface area (Å²) in [6.45, 7) is 7.55. The summed E-state index contributed by atoms with van der Waals surface area (Å²) in [6.07, 6.45) is 0. The van der Waals surface area contributed by atoms with Crippen LogP contribution in [0.4, 0.5) is 5.69 Å². The van der Waals surface area contributed by atoms with E-state index in [9.17, 15) is 9.59 Å². The van der Waals surface area contributed by atoms with E-state index >= 15 is 0 Å². The highest BCUT2D eigenvalue weighted by Gasteiger charge is 2.22. The van der Waals surface area contributed by atoms with Crippen molar-refractivity contribution in [2.24, 2.45) is 5.41 Å². The number of fused-ring (bicyclic) bond motifs is 1. The molecule has 0 aliphatic carbocycles. The van der Waals surface area contributed by atoms with Gasteiger partial charge in [-0.05, 0) is 19.1 Å². The van der Waals surface area contributed by atoms with Gasteiger partial charge in [-0.15, -0.1) is 23.1 Å². The molecule has 1 N–H and O–H groups in total. The molecule has 0 saturated carbocycles. The maximum absolute atomic E-state index is 12.3. The Kier molecular flexibility index (Phi) is 5.20. The number of carbonyl (C=O) groups excluding carboxylic acids is 1. The number of hydrogen-bond donors (Lipinski definition) is 1. The molecule has 0 aliphatic heterocycles. The minimum Gasteiger partial charge on any atom is -0.325 e. The Morgan fingerprint density at radius 3 is 2.77 bits per heavy atom. The van der Waals surface area contributed by atoms with E-state index in [4.69, 9.17) is 0 Å². The average Bonchev–Trinajstić information content (AvgIpc) is 2.94. The first-order chi connectivity index (χ1) is 12.3. The third-order valence-corrected chi connectivity index (χ3v) is 5.87. The zero-order valence-corrected chi connectivity index (χ0v) is 16.8. The molecule has 1 aromatic carbocycles. The molecule has 136 valence electrons. The molecule has 3 rings (SSSR count). The molecule has 0 fully saturated rings. The fourth-order valence-electron chi connectivity index (χ4n) is 2.33. The second-order valence-electron chi connectivity index (χ2n) is 7.07. The summed E-state index contributed by atoms with van der Waals surface area (Å²) in [7, 11) is 0. The number of rotatable bonds is 4. The van der Waals surface area contributed by atoms with E-state index in [1.54, 1.807) is 22.2 Å². The molecule has 0 bridgehead atoms. The maximum Gasteiger partial charge on any atom is 0.258 e. The topological polar surface area (TPSA) is 63.5 Å². The lowest BCUT2D eigenvalue weighted by molar-refractivity contribution is -0.123. The number of thioether (sulfide) groups is 1. The van der Waals surface area contributed by atoms with Crippen LogP contribution in [0.15, 0.2) is 45.4 Å². The number of thiazole rings is 1. The van der Waals surface area contributed by atoms with Crippen LogP contribution < -0.4 is 10.9 Å². The van der Waals surface area contributed by atoms with Gasteiger partial charge in [-0.1, -0.05) is 32.9 Å². The standard InChI is InChI=1S/C19H21N3O2S2/c1-12-10-26-18-20-13(9-16(23)22(12)18)11-25-15-8-6-5-7-14(15)21-17(24)19(2,3)4/h5-10H,11H2,1-4H3,(H,21,24). The molecule has 2 aromatic heterocycles. The Bertz CT molecular complexity index is 1020. The van der Waals surface area contributed by atoms with E-state index in [0.717, 1.165) is 22.0 Å². The lowest BCUT2D eigenvalue weighted by Gasteiger charge is -2.19. The van der Waals surface area contributed by atoms with Crippen LogP contribution in [0.5, 0.6) is 0 Å². The van der Waals surface area contributed by atoms with Gasteiger partial charge in [-0.25, -0.2) is 4.98 Å². The highest BCUT2D eigenvalue weighted by molar-refractivity contribution is 7.98. The Balaban J connectivity index is 1.80. The molecule has 0 atom stereocenters. The van der Waals surface area contributed by atoms with Crippen LogP contribution in [0.25, 0.3) is 4.96 Å². The molecule has 7 heteroatoms. The summed E-state index contributed by atoms with van der Waals surface area (Å²) < 4.78 is 1.62. The SMILES string of the molecule is Cc1csc2nc(CSc3ccccc3NC(=O)C(C)(C)C)cc(=O)n12. The summed E-state index contributed by atoms with van der Waals surface area (Å²) in [5, 5.41) is 4.92. The summed E-state index contributed by atoms with van der Waals surface area (Å²) >= 11 is 3.02. The second kappa shape index (κ2) is 7.25. The van der Waals surface area contributed by atoms with E-state index in [2.05, 4.69) is 10.3 Å². The van der Waals surface area contributed by atoms with Gasteiger partial charge in [0.25, 0.3) is 5.56 Å². The summed E-state index contributed by atoms with van der Waals surface area (Å²) in [5.41, 5.74) is 1.90. The summed E-state index contributed by atoms with van der Waals surface area (Å²) in [4.78, 5) is 30.8. The van der Waals surface area contributed by atoms with Crippen molar-refractivity contribution in [3.05, 3.63) is 57.5 Å². The number of para-hydroxylation sites is 1. The molecule has 3 aromatic rings. The van der Waals surface area contributed by atoms with Crippen molar-refractivity contribution in [3.63, 3.8) is 0 Å². The number of nitrogens with one attached hydrogen (secondary N) is 1. The fourth-order valence-corrected chi connectivity index (χ4v) is 4.12. The van der Waals surface area contributed by atoms with E-state index < -0.39 is 5.41 Å². The molecule has 0 aliphatic rings. The van der Waals surface area contributed by atoms with Crippen molar-refractivity contribution >= 4 is 39.7 Å². The van der Waals surface area contributed by atoms with Crippen molar-refractivity contribution in [2.45, 2.75) is 38.3 Å². The number of benzene rings is 1. The van der Waals surface area contributed by atoms with Crippen molar-refractivity contribution in [1.29, 1.82) is 0 Å². The van der Waals surface area contributed by atoms with Crippen molar-refractivity contribution in [1.82, 2.24) is 9.38 Å². The van der Waals surface area contributed by atoms with E-state index in [1.807, 2.05) is 57.3 Å². The molecular weight excluding hydrogens is 366 g/mol. The predicted molar refractivity (Wildman–Crippen MR) is 108 cm³/mol. The van der Waals surface area contributed by atoms with Crippen molar-refractivity contribution < 1.29 is 4.79 Å². The third kappa shape index (κ3) is 3.99. The molecule has 0 radical (unpaired) electrons. The van der Waals surface area contributed by atoms with Crippen LogP contribution in [0, 0.1) is 12.3 Å². The molecule has 2 heterocycles. The predicted octanol–water partition coefficient (Wildman–Crippen LogP) is 4.34. The minimum atomic E-state index is -0.462. The van der Waals surface area contributed by atoms with Crippen LogP contribution >= 0.6 is 23.1 Å². The smallest absolute Gasteiger partial charge is 0.258 e. The Hall–Kier alpha value is -2.12. The number of amides is 1. The monoisotopic (exact) mass is 387 g/mol. The highest BCUT2D eigenvalue weighted by Crippen LogP contribution is 2.30. The normalized spacial score (nSPS) is 11.7. The molecule has 0 unspecified atom stereocenters. The summed E-state index contributed by atoms with van der Waals surface area (Å²) in [5.74, 6) is 0.530. The van der Waals surface area contributed by atoms with Gasteiger partial charge in [0, 0.05) is 33.2 Å². The van der Waals surface area contributed by atoms with E-state index in [1.165, 1.54) is 11.3 Å². The van der Waals surface area contributed by atoms with Crippen LogP contribution in [0.2, 0.25) is 0 Å². The Labute approximate surface area is 160 Å². The molecule has 1 amide bonds. The Morgan fingerprint density at radius 2 is 2.04 bits per heavy atom. The molecule has 26 heavy (non-hydrogen) atoms. The van der Waals surface area contributed by atoms with Gasteiger partial charge in [0.15, 0.2) is 4.96 Å². The van der Waals surface area contributed by atoms with Crippen molar-refractivity contribution in [2.75, 3.05) is 5.32 Å². The summed E-state index contributed by atoms with van der Waals surface area (Å²) in [6, 6.07) is 9.26. The van der Waals surface area contributed by atoms with Gasteiger partial charge in [-0.3, -0.25) is 14.0 Å². The Morgan fingerprint density at radius 1 is 1.31 bits per heavy atom. The van der Waals surface area contributed by atoms with Gasteiger partial charge in [0.2, 0.25) is 5.91 Å². The van der Waals surface area contributed by atoms with Crippen LogP contribution in [0.1, 0.15) is 32.2 Å². The number of nitrogens with zero attached hydrogens (tertiary/aromatic N) is 2. The number of hydrogen-bond acceptors (Lipinski definition) is 5. The van der Waals surface area contributed by atoms with Gasteiger partial charge < -0.3 is 5.32 Å². The zero-order chi connectivity index (χ0) is 18.9. The average molecular weight is 388 g/mol. The van der Waals surface area contributed by atoms with Crippen LogP contribution in [-0.4, -0.2) is 15.3 Å². The number of anilines is 1. The number of aromatic nitrogens is 2. The minimum absolute atomic E-state index is 0.0302. The van der Waals surface area contributed by atoms with E-state index in [0.29, 0.717) is 10.7 Å². The van der Waals surface area contributed by atoms with Gasteiger partial charge in [0.05, 0.1) is 11.4 Å². The first-order valence-corrected chi connectivity index (χ1v) is 10.1. The first kappa shape index (κ1) is 18.7. The third-order valence-electron chi connectivity index (χ3n) is 3.82. The largest absolute Gasteiger partial charge is 0.325 e. The molecule has 0 saturated heterocycles. The zero-order valence-electron chi connectivity index (χ0n) is 15.2. The maximum atomic E-state index is 12.3. The lowest BCUT2D eigenvalue weighted by atomic mass is 9.95.